The van der Waals surface area contributed by atoms with E-state index < -0.39 is 0 Å². The van der Waals surface area contributed by atoms with Gasteiger partial charge in [-0.2, -0.15) is 0 Å². The van der Waals surface area contributed by atoms with Crippen molar-refractivity contribution in [3.8, 4) is 0 Å². The number of fused-ring (bicyclic) bond motifs is 1. The second-order valence-corrected chi connectivity index (χ2v) is 4.84. The summed E-state index contributed by atoms with van der Waals surface area (Å²) in [5, 5.41) is 0. The number of carbonyl (C=O) groups is 1. The van der Waals surface area contributed by atoms with Gasteiger partial charge in [0.1, 0.15) is 6.73 Å². The van der Waals surface area contributed by atoms with Crippen molar-refractivity contribution in [2.24, 2.45) is 5.41 Å². The van der Waals surface area contributed by atoms with Crippen LogP contribution in [0.1, 0.15) is 19.4 Å². The van der Waals surface area contributed by atoms with E-state index in [0.717, 1.165) is 12.1 Å². The molecule has 3 heteroatoms. The molecule has 0 aromatic heterocycles. The summed E-state index contributed by atoms with van der Waals surface area (Å²) in [6, 6.07) is 8.01. The maximum Gasteiger partial charge on any atom is 0.234 e. The maximum absolute atomic E-state index is 12.2. The molecule has 0 spiro atoms. The minimum absolute atomic E-state index is 0.132. The molecule has 0 saturated carbocycles. The Morgan fingerprint density at radius 1 is 1.38 bits per heavy atom. The normalized spacial score (nSPS) is 18.4. The Kier molecular flexibility index (Phi) is 2.72. The highest BCUT2D eigenvalue weighted by Crippen LogP contribution is 2.36. The highest BCUT2D eigenvalue weighted by molar-refractivity contribution is 6.00. The van der Waals surface area contributed by atoms with E-state index in [0.29, 0.717) is 6.73 Å². The van der Waals surface area contributed by atoms with Crippen LogP contribution in [0.15, 0.2) is 24.3 Å². The van der Waals surface area contributed by atoms with E-state index in [1.165, 1.54) is 5.56 Å². The molecule has 86 valence electrons. The van der Waals surface area contributed by atoms with Crippen molar-refractivity contribution in [2.45, 2.75) is 20.3 Å². The Hall–Kier alpha value is -1.35. The number of hydrogen-bond acceptors (Lipinski definition) is 2. The molecule has 0 N–H and O–H groups in total. The third-order valence-corrected chi connectivity index (χ3v) is 3.00. The lowest BCUT2D eigenvalue weighted by molar-refractivity contribution is -0.128. The van der Waals surface area contributed by atoms with E-state index in [1.807, 2.05) is 32.0 Å². The average molecular weight is 219 g/mol. The molecule has 1 aromatic rings. The van der Waals surface area contributed by atoms with Crippen LogP contribution in [-0.2, 0) is 16.0 Å². The van der Waals surface area contributed by atoms with E-state index in [4.69, 9.17) is 4.74 Å². The van der Waals surface area contributed by atoms with Crippen LogP contribution in [0.5, 0.6) is 0 Å². The first-order valence-corrected chi connectivity index (χ1v) is 5.45. The van der Waals surface area contributed by atoms with Crippen molar-refractivity contribution >= 4 is 11.6 Å². The largest absolute Gasteiger partial charge is 0.364 e. The number of methoxy groups -OCH3 is 1. The number of ether oxygens (including phenoxy) is 1. The van der Waals surface area contributed by atoms with Gasteiger partial charge in [0.15, 0.2) is 0 Å². The fourth-order valence-corrected chi connectivity index (χ4v) is 2.21. The number of hydrogen-bond donors (Lipinski definition) is 0. The second-order valence-electron chi connectivity index (χ2n) is 4.84. The molecular formula is C13H17NO2. The Morgan fingerprint density at radius 3 is 2.75 bits per heavy atom. The van der Waals surface area contributed by atoms with E-state index in [1.54, 1.807) is 12.0 Å². The number of amides is 1. The molecule has 0 saturated heterocycles. The molecule has 1 aromatic carbocycles. The van der Waals surface area contributed by atoms with Crippen molar-refractivity contribution in [1.82, 2.24) is 0 Å². The summed E-state index contributed by atoms with van der Waals surface area (Å²) in [5.41, 5.74) is 1.85. The van der Waals surface area contributed by atoms with Crippen LogP contribution in [0.3, 0.4) is 0 Å². The SMILES string of the molecule is COCN1C(=O)C(C)(C)Cc2ccccc21. The Bertz CT molecular complexity index is 412. The number of para-hydroxylation sites is 1. The highest BCUT2D eigenvalue weighted by atomic mass is 16.5. The van der Waals surface area contributed by atoms with Gasteiger partial charge in [-0.05, 0) is 18.1 Å². The maximum atomic E-state index is 12.2. The van der Waals surface area contributed by atoms with E-state index in [9.17, 15) is 4.79 Å². The monoisotopic (exact) mass is 219 g/mol. The van der Waals surface area contributed by atoms with E-state index in [-0.39, 0.29) is 11.3 Å². The number of anilines is 1. The number of nitrogens with zero attached hydrogens (tertiary/aromatic N) is 1. The van der Waals surface area contributed by atoms with Gasteiger partial charge in [0.05, 0.1) is 0 Å². The highest BCUT2D eigenvalue weighted by Gasteiger charge is 2.38. The van der Waals surface area contributed by atoms with Gasteiger partial charge in [0.25, 0.3) is 0 Å². The summed E-state index contributed by atoms with van der Waals surface area (Å²) in [4.78, 5) is 14.0. The Morgan fingerprint density at radius 2 is 2.06 bits per heavy atom. The third kappa shape index (κ3) is 1.71. The van der Waals surface area contributed by atoms with Crippen molar-refractivity contribution in [2.75, 3.05) is 18.7 Å². The van der Waals surface area contributed by atoms with Crippen LogP contribution in [0.2, 0.25) is 0 Å². The zero-order valence-corrected chi connectivity index (χ0v) is 9.99. The zero-order valence-electron chi connectivity index (χ0n) is 9.99. The van der Waals surface area contributed by atoms with Gasteiger partial charge in [0, 0.05) is 18.2 Å². The van der Waals surface area contributed by atoms with Crippen LogP contribution < -0.4 is 4.90 Å². The number of benzene rings is 1. The van der Waals surface area contributed by atoms with Gasteiger partial charge in [0.2, 0.25) is 5.91 Å². The summed E-state index contributed by atoms with van der Waals surface area (Å²) in [6.45, 7) is 4.28. The quantitative estimate of drug-likeness (QED) is 0.763. The topological polar surface area (TPSA) is 29.5 Å². The number of rotatable bonds is 2. The fraction of sp³-hybridized carbons (Fsp3) is 0.462. The molecule has 0 fully saturated rings. The molecule has 1 heterocycles. The molecule has 1 aliphatic heterocycles. The van der Waals surface area contributed by atoms with Gasteiger partial charge in [-0.25, -0.2) is 0 Å². The predicted octanol–water partition coefficient (Wildman–Crippen LogP) is 2.21. The Balaban J connectivity index is 2.47. The van der Waals surface area contributed by atoms with Crippen molar-refractivity contribution in [3.05, 3.63) is 29.8 Å². The van der Waals surface area contributed by atoms with Crippen LogP contribution in [0, 0.1) is 5.41 Å². The Labute approximate surface area is 96.0 Å². The fourth-order valence-electron chi connectivity index (χ4n) is 2.21. The minimum atomic E-state index is -0.340. The average Bonchev–Trinajstić information content (AvgIpc) is 2.24. The van der Waals surface area contributed by atoms with E-state index >= 15 is 0 Å². The number of carbonyl (C=O) groups excluding carboxylic acids is 1. The lowest BCUT2D eigenvalue weighted by Gasteiger charge is -2.38. The van der Waals surface area contributed by atoms with E-state index in [2.05, 4.69) is 6.07 Å². The van der Waals surface area contributed by atoms with Crippen molar-refractivity contribution in [3.63, 3.8) is 0 Å². The minimum Gasteiger partial charge on any atom is -0.364 e. The molecule has 1 amide bonds. The first-order valence-electron chi connectivity index (χ1n) is 5.45. The first-order chi connectivity index (χ1) is 7.56. The summed E-state index contributed by atoms with van der Waals surface area (Å²) in [5.74, 6) is 0.132. The summed E-state index contributed by atoms with van der Waals surface area (Å²) in [7, 11) is 1.61. The molecule has 1 aliphatic rings. The summed E-state index contributed by atoms with van der Waals surface area (Å²) >= 11 is 0. The summed E-state index contributed by atoms with van der Waals surface area (Å²) in [6.07, 6.45) is 0.794. The van der Waals surface area contributed by atoms with Crippen molar-refractivity contribution in [1.29, 1.82) is 0 Å². The molecular weight excluding hydrogens is 202 g/mol. The van der Waals surface area contributed by atoms with Crippen LogP contribution in [0.4, 0.5) is 5.69 Å². The second kappa shape index (κ2) is 3.91. The van der Waals surface area contributed by atoms with Crippen molar-refractivity contribution < 1.29 is 9.53 Å². The molecule has 3 nitrogen and oxygen atoms in total. The van der Waals surface area contributed by atoms with Crippen LogP contribution in [-0.4, -0.2) is 19.7 Å². The standard InChI is InChI=1S/C13H17NO2/c1-13(2)8-10-6-4-5-7-11(10)14(9-16-3)12(13)15/h4-7H,8-9H2,1-3H3. The van der Waals surface area contributed by atoms with Crippen LogP contribution >= 0.6 is 0 Å². The smallest absolute Gasteiger partial charge is 0.234 e. The van der Waals surface area contributed by atoms with Gasteiger partial charge < -0.3 is 4.74 Å². The molecule has 0 radical (unpaired) electrons. The van der Waals surface area contributed by atoms with Gasteiger partial charge >= 0.3 is 0 Å². The third-order valence-electron chi connectivity index (χ3n) is 3.00. The molecule has 0 bridgehead atoms. The molecule has 0 aliphatic carbocycles. The molecule has 16 heavy (non-hydrogen) atoms. The molecule has 2 rings (SSSR count). The lowest BCUT2D eigenvalue weighted by atomic mass is 9.80. The van der Waals surface area contributed by atoms with Gasteiger partial charge in [-0.1, -0.05) is 32.0 Å². The zero-order chi connectivity index (χ0) is 11.8. The van der Waals surface area contributed by atoms with Gasteiger partial charge in [-0.3, -0.25) is 9.69 Å². The summed E-state index contributed by atoms with van der Waals surface area (Å²) < 4.78 is 5.11. The van der Waals surface area contributed by atoms with Crippen LogP contribution in [0.25, 0.3) is 0 Å². The van der Waals surface area contributed by atoms with Gasteiger partial charge in [-0.15, -0.1) is 0 Å². The molecule has 0 atom stereocenters. The molecule has 0 unspecified atom stereocenters. The lowest BCUT2D eigenvalue weighted by Crippen LogP contribution is -2.47. The predicted molar refractivity (Wildman–Crippen MR) is 63.3 cm³/mol. The first kappa shape index (κ1) is 11.1.